The van der Waals surface area contributed by atoms with Gasteiger partial charge in [-0.25, -0.2) is 0 Å². The number of carbonyl (C=O) groups is 3. The van der Waals surface area contributed by atoms with Crippen LogP contribution in [-0.2, 0) is 14.3 Å². The number of amides is 3. The lowest BCUT2D eigenvalue weighted by molar-refractivity contribution is -0.136. The largest absolute Gasteiger partial charge is 0.378 e. The summed E-state index contributed by atoms with van der Waals surface area (Å²) in [4.78, 5) is 35.6. The van der Waals surface area contributed by atoms with Crippen molar-refractivity contribution in [1.29, 1.82) is 0 Å². The summed E-state index contributed by atoms with van der Waals surface area (Å²) in [6, 6.07) is 0. The maximum atomic E-state index is 11.8. The Morgan fingerprint density at radius 1 is 1.44 bits per heavy atom. The second-order valence-electron chi connectivity index (χ2n) is 3.58. The van der Waals surface area contributed by atoms with Gasteiger partial charge in [0, 0.05) is 19.5 Å². The first-order valence-electron chi connectivity index (χ1n) is 5.04. The molecule has 0 aliphatic carbocycles. The molecule has 0 unspecified atom stereocenters. The number of imide groups is 1. The number of hydrogen-bond donors (Lipinski definition) is 1. The van der Waals surface area contributed by atoms with Crippen molar-refractivity contribution in [3.8, 4) is 0 Å². The SMILES string of the molecule is O=C1NC(=O)[C@H](CC(=O)N2CCOCC2)S1. The van der Waals surface area contributed by atoms with Gasteiger partial charge >= 0.3 is 0 Å². The normalized spacial score (nSPS) is 25.8. The summed E-state index contributed by atoms with van der Waals surface area (Å²) in [5.74, 6) is -0.456. The van der Waals surface area contributed by atoms with Crippen molar-refractivity contribution in [1.82, 2.24) is 10.2 Å². The Bertz CT molecular complexity index is 327. The predicted molar refractivity (Wildman–Crippen MR) is 56.9 cm³/mol. The van der Waals surface area contributed by atoms with E-state index in [1.165, 1.54) is 0 Å². The Morgan fingerprint density at radius 3 is 2.69 bits per heavy atom. The van der Waals surface area contributed by atoms with Gasteiger partial charge in [0.1, 0.15) is 5.25 Å². The van der Waals surface area contributed by atoms with Gasteiger partial charge in [-0.3, -0.25) is 19.7 Å². The Labute approximate surface area is 96.7 Å². The minimum Gasteiger partial charge on any atom is -0.378 e. The van der Waals surface area contributed by atoms with Crippen LogP contribution in [0.4, 0.5) is 4.79 Å². The molecule has 0 bridgehead atoms. The Kier molecular flexibility index (Phi) is 3.45. The van der Waals surface area contributed by atoms with Gasteiger partial charge in [0.05, 0.1) is 13.2 Å². The molecule has 0 radical (unpaired) electrons. The summed E-state index contributed by atoms with van der Waals surface area (Å²) < 4.78 is 5.13. The van der Waals surface area contributed by atoms with Crippen LogP contribution in [-0.4, -0.2) is 53.5 Å². The average molecular weight is 244 g/mol. The number of thioether (sulfide) groups is 1. The molecule has 2 fully saturated rings. The van der Waals surface area contributed by atoms with Crippen molar-refractivity contribution in [3.05, 3.63) is 0 Å². The quantitative estimate of drug-likeness (QED) is 0.714. The second-order valence-corrected chi connectivity index (χ2v) is 4.76. The zero-order chi connectivity index (χ0) is 11.5. The van der Waals surface area contributed by atoms with E-state index < -0.39 is 5.25 Å². The van der Waals surface area contributed by atoms with Crippen LogP contribution in [0.1, 0.15) is 6.42 Å². The molecule has 2 rings (SSSR count). The summed E-state index contributed by atoms with van der Waals surface area (Å²) in [6.45, 7) is 2.20. The average Bonchev–Trinajstić information content (AvgIpc) is 2.59. The van der Waals surface area contributed by atoms with Gasteiger partial charge in [-0.1, -0.05) is 11.8 Å². The van der Waals surface area contributed by atoms with Crippen LogP contribution < -0.4 is 5.32 Å². The lowest BCUT2D eigenvalue weighted by Gasteiger charge is -2.27. The predicted octanol–water partition coefficient (Wildman–Crippen LogP) is -0.413. The summed E-state index contributed by atoms with van der Waals surface area (Å²) >= 11 is 0.888. The first kappa shape index (κ1) is 11.4. The highest BCUT2D eigenvalue weighted by Gasteiger charge is 2.34. The van der Waals surface area contributed by atoms with E-state index in [4.69, 9.17) is 4.74 Å². The number of nitrogens with zero attached hydrogens (tertiary/aromatic N) is 1. The van der Waals surface area contributed by atoms with Crippen LogP contribution in [0.2, 0.25) is 0 Å². The molecule has 0 spiro atoms. The Hall–Kier alpha value is -1.08. The molecule has 6 nitrogen and oxygen atoms in total. The molecule has 0 aromatic heterocycles. The van der Waals surface area contributed by atoms with Gasteiger partial charge in [-0.15, -0.1) is 0 Å². The number of morpholine rings is 1. The van der Waals surface area contributed by atoms with Crippen LogP contribution in [0.5, 0.6) is 0 Å². The van der Waals surface area contributed by atoms with E-state index in [2.05, 4.69) is 5.32 Å². The van der Waals surface area contributed by atoms with E-state index >= 15 is 0 Å². The first-order chi connectivity index (χ1) is 7.66. The van der Waals surface area contributed by atoms with Crippen LogP contribution in [0, 0.1) is 0 Å². The highest BCUT2D eigenvalue weighted by Crippen LogP contribution is 2.22. The molecule has 0 aromatic carbocycles. The third kappa shape index (κ3) is 2.53. The monoisotopic (exact) mass is 244 g/mol. The van der Waals surface area contributed by atoms with Gasteiger partial charge in [0.25, 0.3) is 5.24 Å². The van der Waals surface area contributed by atoms with Crippen molar-refractivity contribution in [3.63, 3.8) is 0 Å². The van der Waals surface area contributed by atoms with E-state index in [0.29, 0.717) is 26.3 Å². The highest BCUT2D eigenvalue weighted by atomic mass is 32.2. The van der Waals surface area contributed by atoms with Crippen molar-refractivity contribution in [2.24, 2.45) is 0 Å². The Morgan fingerprint density at radius 2 is 2.12 bits per heavy atom. The summed E-state index contributed by atoms with van der Waals surface area (Å²) in [7, 11) is 0. The van der Waals surface area contributed by atoms with Crippen molar-refractivity contribution in [2.75, 3.05) is 26.3 Å². The number of ether oxygens (including phenoxy) is 1. The third-order valence-electron chi connectivity index (χ3n) is 2.49. The van der Waals surface area contributed by atoms with Crippen LogP contribution in [0.25, 0.3) is 0 Å². The fraction of sp³-hybridized carbons (Fsp3) is 0.667. The van der Waals surface area contributed by atoms with Gasteiger partial charge in [-0.05, 0) is 0 Å². The van der Waals surface area contributed by atoms with E-state index in [1.54, 1.807) is 4.90 Å². The number of carbonyl (C=O) groups excluding carboxylic acids is 3. The van der Waals surface area contributed by atoms with Crippen LogP contribution >= 0.6 is 11.8 Å². The standard InChI is InChI=1S/C9H12N2O4S/c12-7(11-1-3-15-4-2-11)5-6-8(13)10-9(14)16-6/h6H,1-5H2,(H,10,13,14)/t6-/m0/s1. The van der Waals surface area contributed by atoms with Gasteiger partial charge in [-0.2, -0.15) is 0 Å². The van der Waals surface area contributed by atoms with Gasteiger partial charge in [0.15, 0.2) is 0 Å². The molecule has 1 atom stereocenters. The molecule has 2 aliphatic rings. The molecule has 3 amide bonds. The molecule has 2 aliphatic heterocycles. The fourth-order valence-electron chi connectivity index (χ4n) is 1.63. The molecule has 7 heteroatoms. The third-order valence-corrected chi connectivity index (χ3v) is 3.47. The van der Waals surface area contributed by atoms with Crippen LogP contribution in [0.3, 0.4) is 0 Å². The molecule has 0 saturated carbocycles. The fourth-order valence-corrected chi connectivity index (χ4v) is 2.44. The first-order valence-corrected chi connectivity index (χ1v) is 5.92. The summed E-state index contributed by atoms with van der Waals surface area (Å²) in [6.07, 6.45) is 0.0856. The van der Waals surface area contributed by atoms with Crippen molar-refractivity contribution < 1.29 is 19.1 Å². The van der Waals surface area contributed by atoms with Gasteiger partial charge < -0.3 is 9.64 Å². The zero-order valence-corrected chi connectivity index (χ0v) is 9.42. The molecular formula is C9H12N2O4S. The lowest BCUT2D eigenvalue weighted by Crippen LogP contribution is -2.42. The molecule has 1 N–H and O–H groups in total. The number of hydrogen-bond acceptors (Lipinski definition) is 5. The molecule has 2 heterocycles. The minimum absolute atomic E-state index is 0.0856. The maximum Gasteiger partial charge on any atom is 0.286 e. The molecule has 0 aromatic rings. The van der Waals surface area contributed by atoms with E-state index in [9.17, 15) is 14.4 Å². The van der Waals surface area contributed by atoms with E-state index in [-0.39, 0.29) is 23.5 Å². The topological polar surface area (TPSA) is 75.7 Å². The van der Waals surface area contributed by atoms with Crippen LogP contribution in [0.15, 0.2) is 0 Å². The second kappa shape index (κ2) is 4.84. The van der Waals surface area contributed by atoms with Gasteiger partial charge in [0.2, 0.25) is 11.8 Å². The summed E-state index contributed by atoms with van der Waals surface area (Å²) in [5, 5.41) is 1.23. The Balaban J connectivity index is 1.86. The highest BCUT2D eigenvalue weighted by molar-refractivity contribution is 8.15. The summed E-state index contributed by atoms with van der Waals surface area (Å²) in [5.41, 5.74) is 0. The number of nitrogens with one attached hydrogen (secondary N) is 1. The van der Waals surface area contributed by atoms with Crippen molar-refractivity contribution in [2.45, 2.75) is 11.7 Å². The molecule has 88 valence electrons. The molecule has 16 heavy (non-hydrogen) atoms. The maximum absolute atomic E-state index is 11.8. The van der Waals surface area contributed by atoms with E-state index in [0.717, 1.165) is 11.8 Å². The van der Waals surface area contributed by atoms with E-state index in [1.807, 2.05) is 0 Å². The zero-order valence-electron chi connectivity index (χ0n) is 8.60. The molecular weight excluding hydrogens is 232 g/mol. The molecule has 2 saturated heterocycles. The smallest absolute Gasteiger partial charge is 0.286 e. The minimum atomic E-state index is -0.567. The van der Waals surface area contributed by atoms with Crippen molar-refractivity contribution >= 4 is 28.8 Å². The lowest BCUT2D eigenvalue weighted by atomic mass is 10.2. The number of rotatable bonds is 2.